The number of rotatable bonds is 8. The molecule has 4 N–H and O–H groups in total. The molecule has 116 valence electrons. The van der Waals surface area contributed by atoms with E-state index in [0.29, 0.717) is 0 Å². The number of hydrogen-bond acceptors (Lipinski definition) is 5. The molecule has 0 aromatic rings. The lowest BCUT2D eigenvalue weighted by molar-refractivity contribution is -0.137. The van der Waals surface area contributed by atoms with Gasteiger partial charge in [0, 0.05) is 20.6 Å². The largest absolute Gasteiger partial charge is 0.480 e. The molecule has 0 saturated carbocycles. The molecular formula is C9H18N4O6S. The van der Waals surface area contributed by atoms with Crippen molar-refractivity contribution in [2.45, 2.75) is 0 Å². The molecule has 0 heterocycles. The van der Waals surface area contributed by atoms with Crippen LogP contribution in [-0.4, -0.2) is 75.2 Å². The summed E-state index contributed by atoms with van der Waals surface area (Å²) in [5.74, 6) is -2.13. The first kappa shape index (κ1) is 18.1. The van der Waals surface area contributed by atoms with Crippen molar-refractivity contribution in [3.05, 3.63) is 0 Å². The molecule has 0 saturated heterocycles. The van der Waals surface area contributed by atoms with Crippen LogP contribution in [0.4, 0.5) is 4.79 Å². The van der Waals surface area contributed by atoms with E-state index in [1.54, 1.807) is 0 Å². The summed E-state index contributed by atoms with van der Waals surface area (Å²) in [6, 6.07) is -0.718. The minimum Gasteiger partial charge on any atom is -0.480 e. The molecule has 0 bridgehead atoms. The molecule has 0 aromatic carbocycles. The summed E-state index contributed by atoms with van der Waals surface area (Å²) in [6.45, 7) is -1.05. The molecule has 0 aliphatic heterocycles. The number of carbonyl (C=O) groups is 3. The average Bonchev–Trinajstić information content (AvgIpc) is 2.33. The van der Waals surface area contributed by atoms with Crippen molar-refractivity contribution < 1.29 is 27.9 Å². The Morgan fingerprint density at radius 1 is 1.05 bits per heavy atom. The van der Waals surface area contributed by atoms with E-state index >= 15 is 0 Å². The molecule has 0 unspecified atom stereocenters. The molecule has 0 aliphatic carbocycles. The van der Waals surface area contributed by atoms with Crippen molar-refractivity contribution in [3.63, 3.8) is 0 Å². The second-order valence-electron chi connectivity index (χ2n) is 3.88. The van der Waals surface area contributed by atoms with Crippen molar-refractivity contribution in [2.75, 3.05) is 39.5 Å². The van der Waals surface area contributed by atoms with Gasteiger partial charge in [-0.05, 0) is 0 Å². The van der Waals surface area contributed by atoms with Crippen molar-refractivity contribution in [3.8, 4) is 0 Å². The molecule has 3 amide bonds. The van der Waals surface area contributed by atoms with Crippen LogP contribution in [0, 0.1) is 0 Å². The van der Waals surface area contributed by atoms with E-state index in [1.807, 2.05) is 5.32 Å². The summed E-state index contributed by atoms with van der Waals surface area (Å²) >= 11 is 0. The van der Waals surface area contributed by atoms with Gasteiger partial charge in [0.05, 0.1) is 12.3 Å². The van der Waals surface area contributed by atoms with E-state index in [9.17, 15) is 22.8 Å². The van der Waals surface area contributed by atoms with Crippen LogP contribution in [0.15, 0.2) is 0 Å². The van der Waals surface area contributed by atoms with E-state index in [2.05, 4.69) is 10.6 Å². The lowest BCUT2D eigenvalue weighted by atomic mass is 10.5. The number of carboxylic acid groups (broad SMARTS) is 1. The van der Waals surface area contributed by atoms with Crippen LogP contribution in [0.3, 0.4) is 0 Å². The summed E-state index contributed by atoms with van der Waals surface area (Å²) in [4.78, 5) is 32.4. The molecule has 20 heavy (non-hydrogen) atoms. The molecule has 0 atom stereocenters. The van der Waals surface area contributed by atoms with Gasteiger partial charge in [0.15, 0.2) is 0 Å². The van der Waals surface area contributed by atoms with Gasteiger partial charge in [0.1, 0.15) is 6.54 Å². The quantitative estimate of drug-likeness (QED) is 0.386. The van der Waals surface area contributed by atoms with Crippen molar-refractivity contribution >= 4 is 27.9 Å². The highest BCUT2D eigenvalue weighted by Gasteiger charge is 2.13. The molecule has 0 rings (SSSR count). The minimum absolute atomic E-state index is 0.108. The van der Waals surface area contributed by atoms with Crippen LogP contribution in [0.1, 0.15) is 0 Å². The van der Waals surface area contributed by atoms with Crippen LogP contribution >= 0.6 is 0 Å². The molecule has 0 fully saturated rings. The Kier molecular flexibility index (Phi) is 7.54. The maximum atomic E-state index is 11.4. The second-order valence-corrected chi connectivity index (χ2v) is 6.18. The number of nitrogens with zero attached hydrogens (tertiary/aromatic N) is 1. The van der Waals surface area contributed by atoms with E-state index in [1.165, 1.54) is 14.1 Å². The number of sulfonamides is 1. The zero-order valence-corrected chi connectivity index (χ0v) is 12.0. The summed E-state index contributed by atoms with van der Waals surface area (Å²) in [5.41, 5.74) is 0. The summed E-state index contributed by atoms with van der Waals surface area (Å²) in [7, 11) is -0.643. The standard InChI is InChI=1S/C9H18N4O6S/c1-13(2)20(18,19)4-3-10-9(17)12-5-7(14)11-6-8(15)16/h3-6H2,1-2H3,(H,11,14)(H,15,16)(H2,10,12,17). The van der Waals surface area contributed by atoms with Crippen LogP contribution < -0.4 is 16.0 Å². The van der Waals surface area contributed by atoms with Gasteiger partial charge in [-0.2, -0.15) is 0 Å². The monoisotopic (exact) mass is 310 g/mol. The molecule has 0 radical (unpaired) electrons. The van der Waals surface area contributed by atoms with Crippen molar-refractivity contribution in [1.29, 1.82) is 0 Å². The average molecular weight is 310 g/mol. The lowest BCUT2D eigenvalue weighted by Gasteiger charge is -2.12. The van der Waals surface area contributed by atoms with E-state index in [-0.39, 0.29) is 12.3 Å². The third kappa shape index (κ3) is 8.26. The van der Waals surface area contributed by atoms with Crippen molar-refractivity contribution in [1.82, 2.24) is 20.3 Å². The van der Waals surface area contributed by atoms with Gasteiger partial charge in [-0.25, -0.2) is 17.5 Å². The third-order valence-electron chi connectivity index (χ3n) is 2.05. The van der Waals surface area contributed by atoms with E-state index in [4.69, 9.17) is 5.11 Å². The fraction of sp³-hybridized carbons (Fsp3) is 0.667. The predicted octanol–water partition coefficient (Wildman–Crippen LogP) is -2.62. The van der Waals surface area contributed by atoms with Crippen molar-refractivity contribution in [2.24, 2.45) is 0 Å². The minimum atomic E-state index is -3.40. The summed E-state index contributed by atoms with van der Waals surface area (Å²) in [6.07, 6.45) is 0. The Labute approximate surface area is 116 Å². The van der Waals surface area contributed by atoms with Crippen LogP contribution in [-0.2, 0) is 19.6 Å². The van der Waals surface area contributed by atoms with Gasteiger partial charge < -0.3 is 21.1 Å². The Hall–Kier alpha value is -1.88. The number of aliphatic carboxylic acids is 1. The van der Waals surface area contributed by atoms with Crippen LogP contribution in [0.5, 0.6) is 0 Å². The maximum Gasteiger partial charge on any atom is 0.322 e. The highest BCUT2D eigenvalue weighted by Crippen LogP contribution is 1.91. The molecule has 0 aliphatic rings. The zero-order valence-electron chi connectivity index (χ0n) is 11.2. The molecule has 11 heteroatoms. The first-order chi connectivity index (χ1) is 9.15. The first-order valence-corrected chi connectivity index (χ1v) is 7.16. The Balaban J connectivity index is 3.85. The fourth-order valence-corrected chi connectivity index (χ4v) is 1.66. The second kappa shape index (κ2) is 8.32. The van der Waals surface area contributed by atoms with Crippen LogP contribution in [0.25, 0.3) is 0 Å². The molecule has 0 aromatic heterocycles. The van der Waals surface area contributed by atoms with Gasteiger partial charge in [-0.3, -0.25) is 9.59 Å². The van der Waals surface area contributed by atoms with Gasteiger partial charge in [-0.15, -0.1) is 0 Å². The summed E-state index contributed by atoms with van der Waals surface area (Å²) in [5, 5.41) is 14.8. The number of urea groups is 1. The third-order valence-corrected chi connectivity index (χ3v) is 3.88. The Morgan fingerprint density at radius 2 is 1.65 bits per heavy atom. The first-order valence-electron chi connectivity index (χ1n) is 5.55. The molecule has 0 spiro atoms. The smallest absolute Gasteiger partial charge is 0.322 e. The Morgan fingerprint density at radius 3 is 2.15 bits per heavy atom. The topological polar surface area (TPSA) is 145 Å². The lowest BCUT2D eigenvalue weighted by Crippen LogP contribution is -2.44. The maximum absolute atomic E-state index is 11.4. The number of carbonyl (C=O) groups excluding carboxylic acids is 2. The highest BCUT2D eigenvalue weighted by molar-refractivity contribution is 7.89. The molecule has 10 nitrogen and oxygen atoms in total. The fourth-order valence-electron chi connectivity index (χ4n) is 0.936. The Bertz CT molecular complexity index is 461. The predicted molar refractivity (Wildman–Crippen MR) is 69.5 cm³/mol. The SMILES string of the molecule is CN(C)S(=O)(=O)CCNC(=O)NCC(=O)NCC(=O)O. The van der Waals surface area contributed by atoms with Crippen LogP contribution in [0.2, 0.25) is 0 Å². The molecular weight excluding hydrogens is 292 g/mol. The van der Waals surface area contributed by atoms with E-state index in [0.717, 1.165) is 4.31 Å². The van der Waals surface area contributed by atoms with Gasteiger partial charge in [0.2, 0.25) is 15.9 Å². The van der Waals surface area contributed by atoms with Gasteiger partial charge in [0.25, 0.3) is 0 Å². The van der Waals surface area contributed by atoms with Gasteiger partial charge in [-0.1, -0.05) is 0 Å². The highest BCUT2D eigenvalue weighted by atomic mass is 32.2. The normalized spacial score (nSPS) is 10.9. The summed E-state index contributed by atoms with van der Waals surface area (Å²) < 4.78 is 23.8. The van der Waals surface area contributed by atoms with E-state index < -0.39 is 41.0 Å². The number of amides is 3. The number of nitrogens with one attached hydrogen (secondary N) is 3. The van der Waals surface area contributed by atoms with Gasteiger partial charge >= 0.3 is 12.0 Å². The zero-order chi connectivity index (χ0) is 15.8. The number of hydrogen-bond donors (Lipinski definition) is 4. The number of carboxylic acids is 1.